The number of amides is 2. The van der Waals surface area contributed by atoms with Crippen LogP contribution in [0.4, 0.5) is 0 Å². The summed E-state index contributed by atoms with van der Waals surface area (Å²) in [6, 6.07) is 7.60. The van der Waals surface area contributed by atoms with Crippen LogP contribution < -0.4 is 5.32 Å². The summed E-state index contributed by atoms with van der Waals surface area (Å²) >= 11 is 6.07. The van der Waals surface area contributed by atoms with Crippen molar-refractivity contribution in [2.45, 2.75) is 18.9 Å². The normalized spacial score (nSPS) is 21.3. The Morgan fingerprint density at radius 3 is 2.87 bits per heavy atom. The molecule has 0 spiro atoms. The molecule has 2 aliphatic heterocycles. The number of nitrogens with one attached hydrogen (secondary N) is 1. The van der Waals surface area contributed by atoms with Crippen LogP contribution in [0.3, 0.4) is 0 Å². The van der Waals surface area contributed by atoms with Gasteiger partial charge in [0.15, 0.2) is 0 Å². The van der Waals surface area contributed by atoms with Gasteiger partial charge >= 0.3 is 0 Å². The molecule has 1 atom stereocenters. The maximum Gasteiger partial charge on any atom is 0.242 e. The highest BCUT2D eigenvalue weighted by molar-refractivity contribution is 6.30. The van der Waals surface area contributed by atoms with Gasteiger partial charge in [0.25, 0.3) is 0 Å². The van der Waals surface area contributed by atoms with Crippen LogP contribution in [0.25, 0.3) is 0 Å². The predicted molar refractivity (Wildman–Crippen MR) is 91.8 cm³/mol. The summed E-state index contributed by atoms with van der Waals surface area (Å²) < 4.78 is 0. The molecule has 1 N–H and O–H groups in total. The van der Waals surface area contributed by atoms with E-state index < -0.39 is 0 Å². The average molecular weight is 358 g/mol. The summed E-state index contributed by atoms with van der Waals surface area (Å²) in [5.41, 5.74) is 1.03. The van der Waals surface area contributed by atoms with Crippen LogP contribution in [0, 0.1) is 0 Å². The molecule has 0 aromatic heterocycles. The van der Waals surface area contributed by atoms with E-state index in [1.54, 1.807) is 4.90 Å². The van der Waals surface area contributed by atoms with E-state index >= 15 is 0 Å². The number of benzene rings is 1. The van der Waals surface area contributed by atoms with Crippen molar-refractivity contribution in [3.63, 3.8) is 0 Å². The third-order valence-electron chi connectivity index (χ3n) is 4.29. The molecule has 2 fully saturated rings. The Balaban J connectivity index is 0.00000192. The van der Waals surface area contributed by atoms with Crippen molar-refractivity contribution in [3.05, 3.63) is 34.9 Å². The van der Waals surface area contributed by atoms with Crippen molar-refractivity contribution in [3.8, 4) is 0 Å². The van der Waals surface area contributed by atoms with E-state index in [0.717, 1.165) is 18.5 Å². The molecule has 23 heavy (non-hydrogen) atoms. The maximum atomic E-state index is 12.6. The number of rotatable bonds is 3. The SMILES string of the molecule is Cl.O=C1CCCN1CC(=O)N1CCNCC1c1cccc(Cl)c1. The number of hydrogen-bond acceptors (Lipinski definition) is 3. The molecular formula is C16H21Cl2N3O2. The van der Waals surface area contributed by atoms with E-state index in [0.29, 0.717) is 31.1 Å². The molecule has 2 aliphatic rings. The van der Waals surface area contributed by atoms with Crippen molar-refractivity contribution in [1.29, 1.82) is 0 Å². The molecule has 1 aromatic rings. The highest BCUT2D eigenvalue weighted by atomic mass is 35.5. The van der Waals surface area contributed by atoms with Crippen LogP contribution in [0.1, 0.15) is 24.4 Å². The van der Waals surface area contributed by atoms with Gasteiger partial charge in [-0.05, 0) is 24.1 Å². The van der Waals surface area contributed by atoms with Crippen LogP contribution in [0.2, 0.25) is 5.02 Å². The minimum absolute atomic E-state index is 0. The second-order valence-electron chi connectivity index (χ2n) is 5.78. The zero-order valence-corrected chi connectivity index (χ0v) is 14.4. The van der Waals surface area contributed by atoms with Gasteiger partial charge in [0, 0.05) is 37.6 Å². The molecule has 2 heterocycles. The van der Waals surface area contributed by atoms with Crippen LogP contribution in [0.5, 0.6) is 0 Å². The highest BCUT2D eigenvalue weighted by Crippen LogP contribution is 2.25. The lowest BCUT2D eigenvalue weighted by Crippen LogP contribution is -2.51. The standard InChI is InChI=1S/C16H20ClN3O2.ClH/c17-13-4-1-3-12(9-13)14-10-18-6-8-20(14)16(22)11-19-7-2-5-15(19)21;/h1,3-4,9,14,18H,2,5-8,10-11H2;1H. The van der Waals surface area contributed by atoms with E-state index in [2.05, 4.69) is 5.32 Å². The van der Waals surface area contributed by atoms with Crippen molar-refractivity contribution in [2.24, 2.45) is 0 Å². The fourth-order valence-electron chi connectivity index (χ4n) is 3.14. The summed E-state index contributed by atoms with van der Waals surface area (Å²) in [6.07, 6.45) is 1.41. The lowest BCUT2D eigenvalue weighted by atomic mass is 10.0. The molecule has 126 valence electrons. The van der Waals surface area contributed by atoms with Crippen molar-refractivity contribution >= 4 is 35.8 Å². The zero-order chi connectivity index (χ0) is 15.5. The van der Waals surface area contributed by atoms with Gasteiger partial charge in [-0.2, -0.15) is 0 Å². The summed E-state index contributed by atoms with van der Waals surface area (Å²) in [7, 11) is 0. The van der Waals surface area contributed by atoms with Crippen LogP contribution in [-0.4, -0.2) is 54.3 Å². The van der Waals surface area contributed by atoms with Gasteiger partial charge in [-0.25, -0.2) is 0 Å². The second kappa shape index (κ2) is 7.99. The number of carbonyl (C=O) groups is 2. The molecule has 0 bridgehead atoms. The number of hydrogen-bond donors (Lipinski definition) is 1. The quantitative estimate of drug-likeness (QED) is 0.898. The molecule has 5 nitrogen and oxygen atoms in total. The molecule has 3 rings (SSSR count). The lowest BCUT2D eigenvalue weighted by Gasteiger charge is -2.37. The monoisotopic (exact) mass is 357 g/mol. The third kappa shape index (κ3) is 4.16. The van der Waals surface area contributed by atoms with Gasteiger partial charge < -0.3 is 15.1 Å². The first-order valence-corrected chi connectivity index (χ1v) is 8.06. The Hall–Kier alpha value is -1.30. The molecule has 2 amide bonds. The van der Waals surface area contributed by atoms with Gasteiger partial charge in [-0.15, -0.1) is 12.4 Å². The maximum absolute atomic E-state index is 12.6. The first kappa shape index (κ1) is 18.0. The van der Waals surface area contributed by atoms with Gasteiger partial charge in [0.2, 0.25) is 11.8 Å². The van der Waals surface area contributed by atoms with E-state index in [4.69, 9.17) is 11.6 Å². The summed E-state index contributed by atoms with van der Waals surface area (Å²) in [5, 5.41) is 3.99. The Morgan fingerprint density at radius 2 is 2.17 bits per heavy atom. The molecule has 2 saturated heterocycles. The van der Waals surface area contributed by atoms with Gasteiger partial charge in [-0.1, -0.05) is 23.7 Å². The number of carbonyl (C=O) groups excluding carboxylic acids is 2. The summed E-state index contributed by atoms with van der Waals surface area (Å²) in [6.45, 7) is 3.02. The number of halogens is 2. The molecule has 1 unspecified atom stereocenters. The van der Waals surface area contributed by atoms with Gasteiger partial charge in [0.05, 0.1) is 12.6 Å². The van der Waals surface area contributed by atoms with Gasteiger partial charge in [-0.3, -0.25) is 9.59 Å². The van der Waals surface area contributed by atoms with Crippen LogP contribution >= 0.6 is 24.0 Å². The summed E-state index contributed by atoms with van der Waals surface area (Å²) in [5.74, 6) is 0.101. The van der Waals surface area contributed by atoms with E-state index in [1.807, 2.05) is 29.2 Å². The Labute approximate surface area is 147 Å². The first-order chi connectivity index (χ1) is 10.6. The molecular weight excluding hydrogens is 337 g/mol. The number of piperazine rings is 1. The molecule has 7 heteroatoms. The topological polar surface area (TPSA) is 52.7 Å². The lowest BCUT2D eigenvalue weighted by molar-refractivity contribution is -0.140. The Bertz CT molecular complexity index is 582. The fraction of sp³-hybridized carbons (Fsp3) is 0.500. The average Bonchev–Trinajstić information content (AvgIpc) is 2.92. The minimum Gasteiger partial charge on any atom is -0.333 e. The van der Waals surface area contributed by atoms with Crippen molar-refractivity contribution in [1.82, 2.24) is 15.1 Å². The smallest absolute Gasteiger partial charge is 0.242 e. The van der Waals surface area contributed by atoms with Crippen LogP contribution in [0.15, 0.2) is 24.3 Å². The predicted octanol–water partition coefficient (Wildman–Crippen LogP) is 1.86. The molecule has 0 radical (unpaired) electrons. The molecule has 1 aromatic carbocycles. The Morgan fingerprint density at radius 1 is 1.35 bits per heavy atom. The minimum atomic E-state index is -0.0299. The second-order valence-corrected chi connectivity index (χ2v) is 6.22. The van der Waals surface area contributed by atoms with E-state index in [-0.39, 0.29) is 36.8 Å². The Kier molecular flexibility index (Phi) is 6.27. The highest BCUT2D eigenvalue weighted by Gasteiger charge is 2.31. The number of nitrogens with zero attached hydrogens (tertiary/aromatic N) is 2. The van der Waals surface area contributed by atoms with Crippen LogP contribution in [-0.2, 0) is 9.59 Å². The van der Waals surface area contributed by atoms with Gasteiger partial charge in [0.1, 0.15) is 0 Å². The van der Waals surface area contributed by atoms with Crippen molar-refractivity contribution < 1.29 is 9.59 Å². The third-order valence-corrected chi connectivity index (χ3v) is 4.53. The van der Waals surface area contributed by atoms with Crippen molar-refractivity contribution in [2.75, 3.05) is 32.7 Å². The largest absolute Gasteiger partial charge is 0.333 e. The number of likely N-dealkylation sites (tertiary alicyclic amines) is 1. The fourth-order valence-corrected chi connectivity index (χ4v) is 3.34. The molecule has 0 aliphatic carbocycles. The van der Waals surface area contributed by atoms with E-state index in [9.17, 15) is 9.59 Å². The first-order valence-electron chi connectivity index (χ1n) is 7.68. The summed E-state index contributed by atoms with van der Waals surface area (Å²) in [4.78, 5) is 27.9. The zero-order valence-electron chi connectivity index (χ0n) is 12.8. The molecule has 0 saturated carbocycles. The van der Waals surface area contributed by atoms with E-state index in [1.165, 1.54) is 0 Å².